The number of nitrogens with zero attached hydrogens (tertiary/aromatic N) is 4. The molecular formula is C22H20F3N5OS. The van der Waals surface area contributed by atoms with Gasteiger partial charge in [0, 0.05) is 17.1 Å². The molecule has 1 aromatic heterocycles. The van der Waals surface area contributed by atoms with Crippen LogP contribution in [0.15, 0.2) is 46.0 Å². The molecule has 0 saturated carbocycles. The third kappa shape index (κ3) is 3.79. The van der Waals surface area contributed by atoms with Crippen LogP contribution in [-0.4, -0.2) is 37.7 Å². The fraction of sp³-hybridized carbons (Fsp3) is 0.273. The minimum absolute atomic E-state index is 0.114. The first-order valence-corrected chi connectivity index (χ1v) is 10.7. The van der Waals surface area contributed by atoms with E-state index in [1.54, 1.807) is 0 Å². The summed E-state index contributed by atoms with van der Waals surface area (Å²) < 4.78 is 41.0. The molecule has 0 bridgehead atoms. The molecule has 10 heteroatoms. The smallest absolute Gasteiger partial charge is 0.318 e. The zero-order valence-corrected chi connectivity index (χ0v) is 18.6. The van der Waals surface area contributed by atoms with Gasteiger partial charge in [-0.05, 0) is 66.9 Å². The molecule has 0 fully saturated rings. The largest absolute Gasteiger partial charge is 0.441 e. The summed E-state index contributed by atoms with van der Waals surface area (Å²) in [6.07, 6.45) is -3.19. The first-order chi connectivity index (χ1) is 15.0. The van der Waals surface area contributed by atoms with Crippen molar-refractivity contribution in [2.45, 2.75) is 39.8 Å². The molecule has 2 aromatic rings. The number of alkyl halides is 3. The molecular weight excluding hydrogens is 439 g/mol. The lowest BCUT2D eigenvalue weighted by molar-refractivity contribution is -0.114. The van der Waals surface area contributed by atoms with E-state index in [4.69, 9.17) is 5.41 Å². The number of aromatic nitrogens is 1. The first-order valence-electron chi connectivity index (χ1n) is 9.84. The van der Waals surface area contributed by atoms with E-state index < -0.39 is 23.0 Å². The number of aryl methyl sites for hydroxylation is 1. The van der Waals surface area contributed by atoms with Crippen molar-refractivity contribution in [2.24, 2.45) is 10.1 Å². The van der Waals surface area contributed by atoms with E-state index in [1.807, 2.05) is 36.6 Å². The molecule has 6 nitrogen and oxygen atoms in total. The molecule has 32 heavy (non-hydrogen) atoms. The van der Waals surface area contributed by atoms with Crippen LogP contribution < -0.4 is 0 Å². The normalized spacial score (nSPS) is 17.9. The van der Waals surface area contributed by atoms with Gasteiger partial charge in [-0.15, -0.1) is 0 Å². The summed E-state index contributed by atoms with van der Waals surface area (Å²) in [5, 5.41) is 11.0. The van der Waals surface area contributed by atoms with Crippen LogP contribution in [0.4, 0.5) is 13.2 Å². The van der Waals surface area contributed by atoms with E-state index in [9.17, 15) is 18.0 Å². The number of carbonyl (C=O) groups is 1. The molecule has 2 aliphatic heterocycles. The Hall–Kier alpha value is -3.14. The number of fused-ring (bicyclic) bond motifs is 1. The average Bonchev–Trinajstić information content (AvgIpc) is 3.26. The number of amidine groups is 2. The highest BCUT2D eigenvalue weighted by atomic mass is 32.2. The third-order valence-corrected chi connectivity index (χ3v) is 6.24. The number of halogens is 3. The lowest BCUT2D eigenvalue weighted by Gasteiger charge is -2.20. The van der Waals surface area contributed by atoms with Gasteiger partial charge in [0.1, 0.15) is 0 Å². The van der Waals surface area contributed by atoms with Crippen LogP contribution >= 0.6 is 11.8 Å². The minimum atomic E-state index is -4.67. The van der Waals surface area contributed by atoms with E-state index in [1.165, 1.54) is 11.6 Å². The summed E-state index contributed by atoms with van der Waals surface area (Å²) >= 11 is 0.235. The molecule has 0 spiro atoms. The lowest BCUT2D eigenvalue weighted by atomic mass is 10.0. The Morgan fingerprint density at radius 2 is 1.81 bits per heavy atom. The van der Waals surface area contributed by atoms with Gasteiger partial charge in [0.15, 0.2) is 5.84 Å². The van der Waals surface area contributed by atoms with Gasteiger partial charge in [0.05, 0.1) is 5.57 Å². The molecule has 0 atom stereocenters. The van der Waals surface area contributed by atoms with Crippen molar-refractivity contribution in [1.82, 2.24) is 9.58 Å². The summed E-state index contributed by atoms with van der Waals surface area (Å²) in [7, 11) is 0. The van der Waals surface area contributed by atoms with Crippen molar-refractivity contribution in [3.8, 4) is 5.69 Å². The van der Waals surface area contributed by atoms with Gasteiger partial charge < -0.3 is 4.57 Å². The minimum Gasteiger partial charge on any atom is -0.318 e. The zero-order valence-electron chi connectivity index (χ0n) is 17.8. The van der Waals surface area contributed by atoms with E-state index >= 15 is 0 Å². The number of hydrogen-bond donors (Lipinski definition) is 1. The molecule has 3 heterocycles. The van der Waals surface area contributed by atoms with Crippen molar-refractivity contribution in [2.75, 3.05) is 0 Å². The van der Waals surface area contributed by atoms with Crippen molar-refractivity contribution in [3.05, 3.63) is 58.4 Å². The second-order valence-corrected chi connectivity index (χ2v) is 8.79. The summed E-state index contributed by atoms with van der Waals surface area (Å²) in [4.78, 5) is 16.2. The Labute approximate surface area is 187 Å². The van der Waals surface area contributed by atoms with E-state index in [-0.39, 0.29) is 22.5 Å². The van der Waals surface area contributed by atoms with Crippen LogP contribution in [0.25, 0.3) is 11.8 Å². The van der Waals surface area contributed by atoms with Crippen LogP contribution in [0.2, 0.25) is 0 Å². The maximum absolute atomic E-state index is 13.0. The fourth-order valence-corrected chi connectivity index (χ4v) is 4.36. The van der Waals surface area contributed by atoms with Crippen LogP contribution in [-0.2, 0) is 4.79 Å². The van der Waals surface area contributed by atoms with Crippen LogP contribution in [0.1, 0.15) is 42.3 Å². The molecule has 166 valence electrons. The summed E-state index contributed by atoms with van der Waals surface area (Å²) in [5.41, 5.74) is 4.48. The van der Waals surface area contributed by atoms with Gasteiger partial charge in [-0.25, -0.2) is 0 Å². The van der Waals surface area contributed by atoms with E-state index in [0.29, 0.717) is 11.5 Å². The number of carbonyl (C=O) groups excluding carboxylic acids is 1. The molecule has 4 rings (SSSR count). The fourth-order valence-electron chi connectivity index (χ4n) is 3.60. The molecule has 0 unspecified atom stereocenters. The predicted molar refractivity (Wildman–Crippen MR) is 120 cm³/mol. The number of nitrogens with one attached hydrogen (secondary N) is 1. The van der Waals surface area contributed by atoms with Gasteiger partial charge in [0.2, 0.25) is 10.2 Å². The number of aliphatic imine (C=N–C) groups is 1. The van der Waals surface area contributed by atoms with Crippen molar-refractivity contribution < 1.29 is 18.0 Å². The Bertz CT molecular complexity index is 1220. The van der Waals surface area contributed by atoms with Crippen molar-refractivity contribution in [1.29, 1.82) is 5.41 Å². The van der Waals surface area contributed by atoms with E-state index in [2.05, 4.69) is 36.1 Å². The van der Waals surface area contributed by atoms with Crippen molar-refractivity contribution in [3.63, 3.8) is 0 Å². The monoisotopic (exact) mass is 459 g/mol. The SMILES string of the molecule is Cc1cc(C=C2C(=N)N3N=C(C(F)(F)F)SC3=NC2=O)c(C)n1-c1ccc(C(C)C)cc1. The van der Waals surface area contributed by atoms with E-state index in [0.717, 1.165) is 22.1 Å². The first kappa shape index (κ1) is 22.1. The van der Waals surface area contributed by atoms with Gasteiger partial charge in [0.25, 0.3) is 5.91 Å². The molecule has 1 amide bonds. The number of hydrogen-bond acceptors (Lipinski definition) is 4. The molecule has 0 aliphatic carbocycles. The van der Waals surface area contributed by atoms with Gasteiger partial charge >= 0.3 is 6.18 Å². The Kier molecular flexibility index (Phi) is 5.36. The number of thioether (sulfide) groups is 1. The van der Waals surface area contributed by atoms with Gasteiger partial charge in [-0.3, -0.25) is 10.2 Å². The molecule has 0 radical (unpaired) electrons. The summed E-state index contributed by atoms with van der Waals surface area (Å²) in [6.45, 7) is 8.05. The Balaban J connectivity index is 1.71. The summed E-state index contributed by atoms with van der Waals surface area (Å²) in [6, 6.07) is 10.0. The molecule has 2 aliphatic rings. The quantitative estimate of drug-likeness (QED) is 0.625. The van der Waals surface area contributed by atoms with Crippen molar-refractivity contribution >= 4 is 39.8 Å². The molecule has 1 aromatic carbocycles. The molecule has 0 saturated heterocycles. The zero-order chi connectivity index (χ0) is 23.4. The lowest BCUT2D eigenvalue weighted by Crippen LogP contribution is -2.35. The average molecular weight is 459 g/mol. The summed E-state index contributed by atoms with van der Waals surface area (Å²) in [5.74, 6) is -0.787. The second kappa shape index (κ2) is 7.77. The maximum atomic E-state index is 13.0. The number of hydrazone groups is 1. The highest BCUT2D eigenvalue weighted by Crippen LogP contribution is 2.35. The predicted octanol–water partition coefficient (Wildman–Crippen LogP) is 5.40. The van der Waals surface area contributed by atoms with Gasteiger partial charge in [-0.2, -0.15) is 28.3 Å². The van der Waals surface area contributed by atoms with Crippen LogP contribution in [0.5, 0.6) is 0 Å². The third-order valence-electron chi connectivity index (χ3n) is 5.29. The van der Waals surface area contributed by atoms with Crippen LogP contribution in [0, 0.1) is 19.3 Å². The number of benzene rings is 1. The maximum Gasteiger partial charge on any atom is 0.441 e. The second-order valence-electron chi connectivity index (χ2n) is 7.83. The number of amides is 1. The standard InChI is InChI=1S/C22H20F3N5OS/c1-11(2)14-5-7-16(8-6-14)29-12(3)9-15(13(29)4)10-17-18(26)30-21(27-19(17)31)32-20(28-30)22(23,24)25/h5-11,26H,1-4H3. The number of rotatable bonds is 3. The topological polar surface area (TPSA) is 73.8 Å². The van der Waals surface area contributed by atoms with Crippen LogP contribution in [0.3, 0.4) is 0 Å². The Morgan fingerprint density at radius 1 is 1.16 bits per heavy atom. The van der Waals surface area contributed by atoms with Gasteiger partial charge in [-0.1, -0.05) is 26.0 Å². The highest BCUT2D eigenvalue weighted by Gasteiger charge is 2.46. The highest BCUT2D eigenvalue weighted by molar-refractivity contribution is 8.27. The Morgan fingerprint density at radius 3 is 2.41 bits per heavy atom. The molecule has 1 N–H and O–H groups in total.